The van der Waals surface area contributed by atoms with E-state index in [0.29, 0.717) is 11.4 Å². The van der Waals surface area contributed by atoms with Gasteiger partial charge < -0.3 is 4.74 Å². The molecule has 1 heterocycles. The highest BCUT2D eigenvalue weighted by molar-refractivity contribution is 6.32. The molecular weight excluding hydrogens is 282 g/mol. The van der Waals surface area contributed by atoms with E-state index in [9.17, 15) is 10.1 Å². The first-order chi connectivity index (χ1) is 9.60. The maximum atomic E-state index is 10.6. The molecule has 100 valence electrons. The Labute approximate surface area is 119 Å². The zero-order chi connectivity index (χ0) is 14.5. The maximum Gasteiger partial charge on any atom is 0.271 e. The summed E-state index contributed by atoms with van der Waals surface area (Å²) >= 11 is 5.90. The number of halogens is 1. The van der Waals surface area contributed by atoms with Crippen LogP contribution in [0.1, 0.15) is 11.3 Å². The average molecular weight is 290 g/mol. The highest BCUT2D eigenvalue weighted by atomic mass is 35.5. The smallest absolute Gasteiger partial charge is 0.271 e. The lowest BCUT2D eigenvalue weighted by Crippen LogP contribution is -1.98. The lowest BCUT2D eigenvalue weighted by Gasteiger charge is -2.07. The van der Waals surface area contributed by atoms with Gasteiger partial charge in [0.2, 0.25) is 0 Å². The molecule has 0 atom stereocenters. The number of benzene rings is 1. The van der Waals surface area contributed by atoms with E-state index < -0.39 is 4.92 Å². The fraction of sp³-hybridized carbons (Fsp3) is 0.0769. The Morgan fingerprint density at radius 1 is 1.40 bits per heavy atom. The summed E-state index contributed by atoms with van der Waals surface area (Å²) in [6.07, 6.45) is 1.51. The molecule has 0 radical (unpaired) electrons. The summed E-state index contributed by atoms with van der Waals surface area (Å²) in [6.45, 7) is 0.189. The van der Waals surface area contributed by atoms with Crippen molar-refractivity contribution in [3.05, 3.63) is 62.9 Å². The van der Waals surface area contributed by atoms with Crippen molar-refractivity contribution in [3.63, 3.8) is 0 Å². The third-order valence-electron chi connectivity index (χ3n) is 2.46. The van der Waals surface area contributed by atoms with E-state index in [-0.39, 0.29) is 17.3 Å². The first kappa shape index (κ1) is 13.8. The molecule has 0 bridgehead atoms. The van der Waals surface area contributed by atoms with E-state index in [0.717, 1.165) is 5.56 Å². The Balaban J connectivity index is 2.11. The van der Waals surface area contributed by atoms with Crippen LogP contribution in [0.25, 0.3) is 0 Å². The third kappa shape index (κ3) is 3.22. The molecule has 0 N–H and O–H groups in total. The lowest BCUT2D eigenvalue weighted by atomic mass is 10.2. The van der Waals surface area contributed by atoms with Gasteiger partial charge in [0.1, 0.15) is 24.1 Å². The van der Waals surface area contributed by atoms with E-state index in [4.69, 9.17) is 21.6 Å². The molecule has 0 fully saturated rings. The molecule has 0 unspecified atom stereocenters. The van der Waals surface area contributed by atoms with Gasteiger partial charge >= 0.3 is 0 Å². The Morgan fingerprint density at radius 3 is 2.85 bits per heavy atom. The van der Waals surface area contributed by atoms with E-state index in [2.05, 4.69) is 4.98 Å². The quantitative estimate of drug-likeness (QED) is 0.637. The van der Waals surface area contributed by atoms with E-state index in [1.54, 1.807) is 12.1 Å². The first-order valence-electron chi connectivity index (χ1n) is 5.52. The second-order valence-electron chi connectivity index (χ2n) is 3.82. The van der Waals surface area contributed by atoms with E-state index >= 15 is 0 Å². The van der Waals surface area contributed by atoms with Gasteiger partial charge in [-0.15, -0.1) is 0 Å². The number of pyridine rings is 1. The number of hydrogen-bond donors (Lipinski definition) is 0. The van der Waals surface area contributed by atoms with Crippen molar-refractivity contribution in [2.75, 3.05) is 0 Å². The number of ether oxygens (including phenoxy) is 1. The van der Waals surface area contributed by atoms with Gasteiger partial charge in [-0.25, -0.2) is 4.98 Å². The standard InChI is InChI=1S/C13H8ClN3O3/c14-12-6-11(17(18)19)1-2-13(12)20-8-9-3-4-16-10(5-9)7-15/h1-6H,8H2. The van der Waals surface area contributed by atoms with Crippen LogP contribution in [0, 0.1) is 21.4 Å². The fourth-order valence-electron chi connectivity index (χ4n) is 1.51. The van der Waals surface area contributed by atoms with Crippen LogP contribution in [0.4, 0.5) is 5.69 Å². The SMILES string of the molecule is N#Cc1cc(COc2ccc([N+](=O)[O-])cc2Cl)ccn1. The number of rotatable bonds is 4. The van der Waals surface area contributed by atoms with Gasteiger partial charge in [0.05, 0.1) is 9.95 Å². The molecule has 1 aromatic heterocycles. The molecule has 0 aliphatic rings. The van der Waals surface area contributed by atoms with Gasteiger partial charge in [-0.3, -0.25) is 10.1 Å². The number of nitriles is 1. The van der Waals surface area contributed by atoms with Crippen LogP contribution in [0.15, 0.2) is 36.5 Å². The highest BCUT2D eigenvalue weighted by Gasteiger charge is 2.10. The van der Waals surface area contributed by atoms with Gasteiger partial charge in [-0.2, -0.15) is 5.26 Å². The Kier molecular flexibility index (Phi) is 4.13. The Morgan fingerprint density at radius 2 is 2.20 bits per heavy atom. The molecule has 0 aliphatic carbocycles. The molecule has 0 aliphatic heterocycles. The van der Waals surface area contributed by atoms with Crippen molar-refractivity contribution in [1.29, 1.82) is 5.26 Å². The predicted molar refractivity (Wildman–Crippen MR) is 71.4 cm³/mol. The molecule has 0 saturated carbocycles. The van der Waals surface area contributed by atoms with Crippen molar-refractivity contribution < 1.29 is 9.66 Å². The second-order valence-corrected chi connectivity index (χ2v) is 4.23. The van der Waals surface area contributed by atoms with Crippen LogP contribution in [0.2, 0.25) is 5.02 Å². The van der Waals surface area contributed by atoms with Crippen molar-refractivity contribution in [2.45, 2.75) is 6.61 Å². The largest absolute Gasteiger partial charge is 0.487 e. The normalized spacial score (nSPS) is 9.80. The maximum absolute atomic E-state index is 10.6. The lowest BCUT2D eigenvalue weighted by molar-refractivity contribution is -0.384. The van der Waals surface area contributed by atoms with Crippen LogP contribution in [-0.2, 0) is 6.61 Å². The minimum Gasteiger partial charge on any atom is -0.487 e. The van der Waals surface area contributed by atoms with Crippen LogP contribution in [-0.4, -0.2) is 9.91 Å². The van der Waals surface area contributed by atoms with Crippen molar-refractivity contribution in [3.8, 4) is 11.8 Å². The number of nitro benzene ring substituents is 1. The molecule has 0 spiro atoms. The van der Waals surface area contributed by atoms with Gasteiger partial charge in [-0.05, 0) is 23.8 Å². The van der Waals surface area contributed by atoms with Crippen molar-refractivity contribution in [1.82, 2.24) is 4.98 Å². The van der Waals surface area contributed by atoms with Crippen molar-refractivity contribution in [2.24, 2.45) is 0 Å². The average Bonchev–Trinajstić information content (AvgIpc) is 2.46. The van der Waals surface area contributed by atoms with Gasteiger partial charge in [0.15, 0.2) is 0 Å². The Bertz CT molecular complexity index is 698. The third-order valence-corrected chi connectivity index (χ3v) is 2.75. The summed E-state index contributed by atoms with van der Waals surface area (Å²) in [6, 6.07) is 9.21. The zero-order valence-corrected chi connectivity index (χ0v) is 10.9. The molecular formula is C13H8ClN3O3. The van der Waals surface area contributed by atoms with Gasteiger partial charge in [-0.1, -0.05) is 11.6 Å². The van der Waals surface area contributed by atoms with Crippen LogP contribution >= 0.6 is 11.6 Å². The minimum atomic E-state index is -0.530. The summed E-state index contributed by atoms with van der Waals surface area (Å²) in [5.74, 6) is 0.340. The number of nitrogens with zero attached hydrogens (tertiary/aromatic N) is 3. The highest BCUT2D eigenvalue weighted by Crippen LogP contribution is 2.29. The summed E-state index contributed by atoms with van der Waals surface area (Å²) < 4.78 is 5.47. The molecule has 20 heavy (non-hydrogen) atoms. The first-order valence-corrected chi connectivity index (χ1v) is 5.89. The second kappa shape index (κ2) is 5.99. The molecule has 0 amide bonds. The minimum absolute atomic E-state index is 0.0990. The predicted octanol–water partition coefficient (Wildman–Crippen LogP) is 3.09. The molecule has 0 saturated heterocycles. The summed E-state index contributed by atoms with van der Waals surface area (Å²) in [5, 5.41) is 19.5. The number of aromatic nitrogens is 1. The van der Waals surface area contributed by atoms with Gasteiger partial charge in [0.25, 0.3) is 5.69 Å². The monoisotopic (exact) mass is 289 g/mol. The summed E-state index contributed by atoms with van der Waals surface area (Å²) in [7, 11) is 0. The zero-order valence-electron chi connectivity index (χ0n) is 10.1. The number of hydrogen-bond acceptors (Lipinski definition) is 5. The number of nitro groups is 1. The van der Waals surface area contributed by atoms with Crippen LogP contribution < -0.4 is 4.74 Å². The van der Waals surface area contributed by atoms with E-state index in [1.165, 1.54) is 24.4 Å². The molecule has 7 heteroatoms. The van der Waals surface area contributed by atoms with Crippen LogP contribution in [0.5, 0.6) is 5.75 Å². The van der Waals surface area contributed by atoms with Crippen molar-refractivity contribution >= 4 is 17.3 Å². The van der Waals surface area contributed by atoms with Crippen LogP contribution in [0.3, 0.4) is 0 Å². The molecule has 2 aromatic rings. The number of non-ortho nitro benzene ring substituents is 1. The molecule has 6 nitrogen and oxygen atoms in total. The summed E-state index contributed by atoms with van der Waals surface area (Å²) in [4.78, 5) is 13.9. The summed E-state index contributed by atoms with van der Waals surface area (Å²) in [5.41, 5.74) is 0.949. The van der Waals surface area contributed by atoms with E-state index in [1.807, 2.05) is 6.07 Å². The Hall–Kier alpha value is -2.65. The van der Waals surface area contributed by atoms with Gasteiger partial charge in [0, 0.05) is 18.3 Å². The topological polar surface area (TPSA) is 89.0 Å². The molecule has 2 rings (SSSR count). The fourth-order valence-corrected chi connectivity index (χ4v) is 1.74. The molecule has 1 aromatic carbocycles.